The molecule has 21 heavy (non-hydrogen) atoms. The van der Waals surface area contributed by atoms with Crippen molar-refractivity contribution in [3.63, 3.8) is 0 Å². The van der Waals surface area contributed by atoms with E-state index in [1.165, 1.54) is 39.5 Å². The lowest BCUT2D eigenvalue weighted by molar-refractivity contribution is 0.0599. The molecule has 0 bridgehead atoms. The average molecular weight is 289 g/mol. The van der Waals surface area contributed by atoms with Crippen LogP contribution in [-0.4, -0.2) is 48.1 Å². The van der Waals surface area contributed by atoms with Gasteiger partial charge in [-0.2, -0.15) is 0 Å². The molecular weight excluding hydrogens is 266 g/mol. The third-order valence-electron chi connectivity index (χ3n) is 4.66. The van der Waals surface area contributed by atoms with Crippen molar-refractivity contribution >= 4 is 11.8 Å². The van der Waals surface area contributed by atoms with E-state index in [0.29, 0.717) is 17.3 Å². The number of rotatable bonds is 3. The van der Waals surface area contributed by atoms with E-state index in [-0.39, 0.29) is 5.97 Å². The summed E-state index contributed by atoms with van der Waals surface area (Å²) in [5, 5.41) is 3.53. The summed E-state index contributed by atoms with van der Waals surface area (Å²) in [5.41, 5.74) is 1.25. The first-order valence-corrected chi connectivity index (χ1v) is 7.74. The van der Waals surface area contributed by atoms with Crippen molar-refractivity contribution in [1.82, 2.24) is 9.88 Å². The summed E-state index contributed by atoms with van der Waals surface area (Å²) in [6.45, 7) is 4.29. The molecule has 2 atom stereocenters. The second kappa shape index (κ2) is 6.02. The van der Waals surface area contributed by atoms with Crippen molar-refractivity contribution in [2.75, 3.05) is 25.5 Å². The quantitative estimate of drug-likeness (QED) is 0.865. The van der Waals surface area contributed by atoms with Crippen molar-refractivity contribution in [3.05, 3.63) is 23.4 Å². The zero-order valence-electron chi connectivity index (χ0n) is 12.8. The van der Waals surface area contributed by atoms with Gasteiger partial charge in [0, 0.05) is 18.6 Å². The van der Waals surface area contributed by atoms with Crippen LogP contribution >= 0.6 is 0 Å². The Balaban J connectivity index is 1.65. The number of hydrogen-bond donors (Lipinski definition) is 1. The molecule has 1 aromatic rings. The molecule has 114 valence electrons. The number of fused-ring (bicyclic) bond motifs is 1. The fourth-order valence-corrected chi connectivity index (χ4v) is 3.53. The Morgan fingerprint density at radius 3 is 3.00 bits per heavy atom. The van der Waals surface area contributed by atoms with E-state index in [0.717, 1.165) is 18.3 Å². The molecule has 5 nitrogen and oxygen atoms in total. The maximum Gasteiger partial charge on any atom is 0.339 e. The third-order valence-corrected chi connectivity index (χ3v) is 4.66. The molecule has 0 aliphatic carbocycles. The largest absolute Gasteiger partial charge is 0.465 e. The highest BCUT2D eigenvalue weighted by Gasteiger charge is 2.31. The Morgan fingerprint density at radius 2 is 2.24 bits per heavy atom. The van der Waals surface area contributed by atoms with Gasteiger partial charge >= 0.3 is 5.97 Å². The van der Waals surface area contributed by atoms with Gasteiger partial charge in [-0.3, -0.25) is 0 Å². The molecule has 2 unspecified atom stereocenters. The zero-order chi connectivity index (χ0) is 14.8. The lowest BCUT2D eigenvalue weighted by Crippen LogP contribution is -2.42. The van der Waals surface area contributed by atoms with Crippen molar-refractivity contribution in [1.29, 1.82) is 0 Å². The van der Waals surface area contributed by atoms with E-state index in [9.17, 15) is 4.79 Å². The van der Waals surface area contributed by atoms with Gasteiger partial charge in [0.25, 0.3) is 0 Å². The number of piperidine rings is 1. The molecule has 3 rings (SSSR count). The van der Waals surface area contributed by atoms with Crippen LogP contribution in [0.1, 0.15) is 41.7 Å². The number of carbonyl (C=O) groups is 1. The van der Waals surface area contributed by atoms with Gasteiger partial charge in [-0.05, 0) is 51.3 Å². The van der Waals surface area contributed by atoms with Crippen LogP contribution in [0.25, 0.3) is 0 Å². The smallest absolute Gasteiger partial charge is 0.339 e. The number of carbonyl (C=O) groups excluding carboxylic acids is 1. The third kappa shape index (κ3) is 3.02. The van der Waals surface area contributed by atoms with Crippen LogP contribution in [0.3, 0.4) is 0 Å². The molecule has 0 aromatic carbocycles. The van der Waals surface area contributed by atoms with E-state index in [2.05, 4.69) is 15.2 Å². The normalized spacial score (nSPS) is 25.4. The average Bonchev–Trinajstić information content (AvgIpc) is 2.94. The fraction of sp³-hybridized carbons (Fsp3) is 0.625. The van der Waals surface area contributed by atoms with E-state index < -0.39 is 0 Å². The number of nitrogens with zero attached hydrogens (tertiary/aromatic N) is 2. The summed E-state index contributed by atoms with van der Waals surface area (Å²) in [6.07, 6.45) is 5.02. The highest BCUT2D eigenvalue weighted by atomic mass is 16.5. The first kappa shape index (κ1) is 14.3. The Morgan fingerprint density at radius 1 is 1.38 bits per heavy atom. The maximum absolute atomic E-state index is 11.6. The van der Waals surface area contributed by atoms with E-state index in [4.69, 9.17) is 4.74 Å². The maximum atomic E-state index is 11.6. The number of aryl methyl sites for hydroxylation is 1. The van der Waals surface area contributed by atoms with Crippen LogP contribution in [0.4, 0.5) is 5.82 Å². The Hall–Kier alpha value is -1.62. The molecule has 0 radical (unpaired) electrons. The van der Waals surface area contributed by atoms with Crippen LogP contribution < -0.4 is 5.32 Å². The molecule has 0 saturated carbocycles. The Bertz CT molecular complexity index is 532. The van der Waals surface area contributed by atoms with Gasteiger partial charge in [0.15, 0.2) is 0 Å². The van der Waals surface area contributed by atoms with Gasteiger partial charge in [-0.1, -0.05) is 0 Å². The van der Waals surface area contributed by atoms with Gasteiger partial charge in [0.05, 0.1) is 18.4 Å². The summed E-state index contributed by atoms with van der Waals surface area (Å²) in [4.78, 5) is 18.7. The number of methoxy groups -OCH3 is 1. The molecule has 0 spiro atoms. The summed E-state index contributed by atoms with van der Waals surface area (Å²) in [5.74, 6) is 0.530. The highest BCUT2D eigenvalue weighted by Crippen LogP contribution is 2.28. The minimum Gasteiger partial charge on any atom is -0.465 e. The number of anilines is 1. The minimum absolute atomic E-state index is 0.328. The van der Waals surface area contributed by atoms with E-state index in [1.54, 1.807) is 6.07 Å². The summed E-state index contributed by atoms with van der Waals surface area (Å²) < 4.78 is 4.75. The Labute approximate surface area is 125 Å². The zero-order valence-corrected chi connectivity index (χ0v) is 12.8. The number of pyridine rings is 1. The number of esters is 1. The molecule has 2 aliphatic heterocycles. The van der Waals surface area contributed by atoms with Crippen molar-refractivity contribution < 1.29 is 9.53 Å². The summed E-state index contributed by atoms with van der Waals surface area (Å²) in [7, 11) is 1.39. The van der Waals surface area contributed by atoms with Crippen LogP contribution in [0.2, 0.25) is 0 Å². The summed E-state index contributed by atoms with van der Waals surface area (Å²) >= 11 is 0. The van der Waals surface area contributed by atoms with Crippen LogP contribution in [0.5, 0.6) is 0 Å². The van der Waals surface area contributed by atoms with Crippen LogP contribution in [0.15, 0.2) is 12.1 Å². The molecular formula is C16H23N3O2. The van der Waals surface area contributed by atoms with Crippen molar-refractivity contribution in [3.8, 4) is 0 Å². The molecule has 1 aromatic heterocycles. The van der Waals surface area contributed by atoms with Gasteiger partial charge < -0.3 is 15.0 Å². The lowest BCUT2D eigenvalue weighted by Gasteiger charge is -2.35. The number of aromatic nitrogens is 1. The second-order valence-electron chi connectivity index (χ2n) is 6.02. The van der Waals surface area contributed by atoms with Gasteiger partial charge in [0.1, 0.15) is 5.82 Å². The molecule has 3 heterocycles. The van der Waals surface area contributed by atoms with Gasteiger partial charge in [-0.25, -0.2) is 9.78 Å². The topological polar surface area (TPSA) is 54.5 Å². The van der Waals surface area contributed by atoms with E-state index in [1.807, 2.05) is 13.0 Å². The van der Waals surface area contributed by atoms with E-state index >= 15 is 0 Å². The van der Waals surface area contributed by atoms with Crippen molar-refractivity contribution in [2.24, 2.45) is 0 Å². The van der Waals surface area contributed by atoms with Crippen LogP contribution in [0, 0.1) is 6.92 Å². The molecule has 5 heteroatoms. The highest BCUT2D eigenvalue weighted by molar-refractivity contribution is 5.90. The summed E-state index contributed by atoms with van der Waals surface area (Å²) in [6, 6.07) is 4.90. The minimum atomic E-state index is -0.328. The van der Waals surface area contributed by atoms with Crippen LogP contribution in [-0.2, 0) is 4.74 Å². The predicted octanol–water partition coefficient (Wildman–Crippen LogP) is 2.22. The first-order valence-electron chi connectivity index (χ1n) is 7.74. The van der Waals surface area contributed by atoms with Gasteiger partial charge in [-0.15, -0.1) is 0 Å². The molecule has 1 N–H and O–H groups in total. The number of ether oxygens (including phenoxy) is 1. The molecule has 0 amide bonds. The molecule has 2 saturated heterocycles. The predicted molar refractivity (Wildman–Crippen MR) is 81.6 cm³/mol. The Kier molecular flexibility index (Phi) is 4.10. The number of hydrogen-bond acceptors (Lipinski definition) is 5. The SMILES string of the molecule is COC(=O)c1ccc(NC2CCN3CCCC3C2)nc1C. The standard InChI is InChI=1S/C16H23N3O2/c1-11-14(16(20)21-2)5-6-15(17-11)18-12-7-9-19-8-3-4-13(19)10-12/h5-6,12-13H,3-4,7-10H2,1-2H3,(H,17,18). The fourth-order valence-electron chi connectivity index (χ4n) is 3.53. The monoisotopic (exact) mass is 289 g/mol. The first-order chi connectivity index (χ1) is 10.2. The molecule has 2 aliphatic rings. The van der Waals surface area contributed by atoms with Gasteiger partial charge in [0.2, 0.25) is 0 Å². The lowest BCUT2D eigenvalue weighted by atomic mass is 9.97. The number of nitrogens with one attached hydrogen (secondary N) is 1. The molecule has 2 fully saturated rings. The second-order valence-corrected chi connectivity index (χ2v) is 6.02. The van der Waals surface area contributed by atoms with Crippen molar-refractivity contribution in [2.45, 2.75) is 44.7 Å².